The maximum absolute atomic E-state index is 12.6. The van der Waals surface area contributed by atoms with E-state index in [0.717, 1.165) is 18.9 Å². The van der Waals surface area contributed by atoms with Gasteiger partial charge in [-0.05, 0) is 48.5 Å². The summed E-state index contributed by atoms with van der Waals surface area (Å²) in [6, 6.07) is 19.9. The Labute approximate surface area is 169 Å². The zero-order chi connectivity index (χ0) is 18.8. The summed E-state index contributed by atoms with van der Waals surface area (Å²) in [4.78, 5) is 31.9. The van der Waals surface area contributed by atoms with E-state index in [-0.39, 0.29) is 11.6 Å². The van der Waals surface area contributed by atoms with E-state index >= 15 is 0 Å². The second-order valence-corrected chi connectivity index (χ2v) is 8.75. The zero-order valence-electron chi connectivity index (χ0n) is 14.0. The van der Waals surface area contributed by atoms with Crippen molar-refractivity contribution in [1.82, 2.24) is 0 Å². The molecule has 27 heavy (non-hydrogen) atoms. The molecule has 1 aliphatic rings. The predicted molar refractivity (Wildman–Crippen MR) is 110 cm³/mol. The second-order valence-electron chi connectivity index (χ2n) is 5.77. The van der Waals surface area contributed by atoms with Gasteiger partial charge in [0.25, 0.3) is 5.91 Å². The molecule has 0 aliphatic carbocycles. The van der Waals surface area contributed by atoms with Gasteiger partial charge in [0, 0.05) is 21.2 Å². The van der Waals surface area contributed by atoms with Crippen LogP contribution in [-0.4, -0.2) is 17.6 Å². The van der Waals surface area contributed by atoms with Crippen molar-refractivity contribution in [3.8, 4) is 0 Å². The third-order valence-corrected chi connectivity index (χ3v) is 6.37. The molecule has 0 atom stereocenters. The normalized spacial score (nSPS) is 14.0. The van der Waals surface area contributed by atoms with E-state index in [1.165, 1.54) is 0 Å². The van der Waals surface area contributed by atoms with Gasteiger partial charge in [0.15, 0.2) is 0 Å². The van der Waals surface area contributed by atoms with E-state index in [1.807, 2.05) is 42.5 Å². The van der Waals surface area contributed by atoms with Crippen LogP contribution in [0.4, 0.5) is 10.5 Å². The average Bonchev–Trinajstić information content (AvgIpc) is 3.22. The first-order valence-electron chi connectivity index (χ1n) is 8.13. The van der Waals surface area contributed by atoms with Gasteiger partial charge in [0.1, 0.15) is 5.71 Å². The molecule has 2 heterocycles. The summed E-state index contributed by atoms with van der Waals surface area (Å²) in [6.45, 7) is 0. The van der Waals surface area contributed by atoms with Gasteiger partial charge in [0.2, 0.25) is 0 Å². The van der Waals surface area contributed by atoms with E-state index in [9.17, 15) is 9.59 Å². The fourth-order valence-electron chi connectivity index (χ4n) is 2.64. The standard InChI is InChI=1S/C20H13ClN2O2S2/c21-13-6-8-15(9-7-13)26-18-11-10-16(27-18)12-17-19(24)23(20(25)22-17)14-4-2-1-3-5-14/h1-11H,12H2. The average molecular weight is 413 g/mol. The molecule has 0 saturated heterocycles. The first-order valence-corrected chi connectivity index (χ1v) is 10.1. The van der Waals surface area contributed by atoms with Crippen molar-refractivity contribution in [1.29, 1.82) is 0 Å². The van der Waals surface area contributed by atoms with Gasteiger partial charge in [-0.3, -0.25) is 4.79 Å². The van der Waals surface area contributed by atoms with Crippen molar-refractivity contribution in [3.63, 3.8) is 0 Å². The van der Waals surface area contributed by atoms with Crippen LogP contribution in [0.25, 0.3) is 0 Å². The Bertz CT molecular complexity index is 1030. The minimum atomic E-state index is -0.534. The number of aliphatic imine (C=N–C) groups is 1. The number of benzene rings is 2. The Morgan fingerprint density at radius 2 is 1.70 bits per heavy atom. The lowest BCUT2D eigenvalue weighted by atomic mass is 10.2. The smallest absolute Gasteiger partial charge is 0.267 e. The molecule has 134 valence electrons. The number of hydrogen-bond acceptors (Lipinski definition) is 4. The molecule has 0 radical (unpaired) electrons. The Kier molecular flexibility index (Phi) is 5.11. The monoisotopic (exact) mass is 412 g/mol. The highest BCUT2D eigenvalue weighted by Gasteiger charge is 2.34. The molecule has 3 amide bonds. The number of rotatable bonds is 5. The Hall–Kier alpha value is -2.41. The summed E-state index contributed by atoms with van der Waals surface area (Å²) < 4.78 is 1.10. The fraction of sp³-hybridized carbons (Fsp3) is 0.0500. The number of amides is 3. The molecule has 7 heteroatoms. The molecule has 1 aromatic heterocycles. The summed E-state index contributed by atoms with van der Waals surface area (Å²) in [7, 11) is 0. The molecule has 0 N–H and O–H groups in total. The highest BCUT2D eigenvalue weighted by Crippen LogP contribution is 2.34. The van der Waals surface area contributed by atoms with E-state index in [1.54, 1.807) is 47.4 Å². The van der Waals surface area contributed by atoms with Crippen molar-refractivity contribution >= 4 is 58.0 Å². The SMILES string of the molecule is O=C1N=C(Cc2ccc(Sc3ccc(Cl)cc3)s2)C(=O)N1c1ccccc1. The van der Waals surface area contributed by atoms with E-state index in [2.05, 4.69) is 4.99 Å². The van der Waals surface area contributed by atoms with Gasteiger partial charge in [-0.25, -0.2) is 9.69 Å². The first-order chi connectivity index (χ1) is 13.1. The van der Waals surface area contributed by atoms with Crippen LogP contribution < -0.4 is 4.90 Å². The molecule has 0 spiro atoms. The van der Waals surface area contributed by atoms with Crippen molar-refractivity contribution in [2.45, 2.75) is 15.5 Å². The maximum Gasteiger partial charge on any atom is 0.355 e. The van der Waals surface area contributed by atoms with Crippen LogP contribution in [0.1, 0.15) is 4.88 Å². The van der Waals surface area contributed by atoms with Crippen LogP contribution in [0, 0.1) is 0 Å². The molecule has 1 aliphatic heterocycles. The highest BCUT2D eigenvalue weighted by atomic mass is 35.5. The molecule has 0 bridgehead atoms. The summed E-state index contributed by atoms with van der Waals surface area (Å²) in [5.41, 5.74) is 0.810. The summed E-state index contributed by atoms with van der Waals surface area (Å²) in [5, 5.41) is 0.705. The van der Waals surface area contributed by atoms with Gasteiger partial charge in [-0.2, -0.15) is 4.99 Å². The predicted octanol–water partition coefficient (Wildman–Crippen LogP) is 5.70. The number of imide groups is 1. The molecule has 4 nitrogen and oxygen atoms in total. The molecule has 0 saturated carbocycles. The lowest BCUT2D eigenvalue weighted by Gasteiger charge is -2.12. The topological polar surface area (TPSA) is 49.7 Å². The van der Waals surface area contributed by atoms with Crippen LogP contribution in [0.2, 0.25) is 5.02 Å². The highest BCUT2D eigenvalue weighted by molar-refractivity contribution is 8.01. The van der Waals surface area contributed by atoms with E-state index in [4.69, 9.17) is 11.6 Å². The van der Waals surface area contributed by atoms with Crippen molar-refractivity contribution < 1.29 is 9.59 Å². The maximum atomic E-state index is 12.6. The van der Waals surface area contributed by atoms with E-state index in [0.29, 0.717) is 17.1 Å². The van der Waals surface area contributed by atoms with Crippen molar-refractivity contribution in [3.05, 3.63) is 76.6 Å². The fourth-order valence-corrected chi connectivity index (χ4v) is 4.92. The molecule has 0 fully saturated rings. The largest absolute Gasteiger partial charge is 0.355 e. The number of thiophene rings is 1. The Morgan fingerprint density at radius 1 is 0.963 bits per heavy atom. The van der Waals surface area contributed by atoms with Crippen molar-refractivity contribution in [2.24, 2.45) is 4.99 Å². The van der Waals surface area contributed by atoms with E-state index < -0.39 is 6.03 Å². The minimum Gasteiger partial charge on any atom is -0.267 e. The zero-order valence-corrected chi connectivity index (χ0v) is 16.4. The molecule has 0 unspecified atom stereocenters. The molecule has 3 aromatic rings. The number of halogens is 1. The first kappa shape index (κ1) is 18.0. The van der Waals surface area contributed by atoms with Crippen LogP contribution in [0.5, 0.6) is 0 Å². The second kappa shape index (κ2) is 7.68. The molecular weight excluding hydrogens is 400 g/mol. The lowest BCUT2D eigenvalue weighted by Crippen LogP contribution is -2.33. The summed E-state index contributed by atoms with van der Waals surface area (Å²) >= 11 is 9.13. The van der Waals surface area contributed by atoms with Crippen LogP contribution >= 0.6 is 34.7 Å². The van der Waals surface area contributed by atoms with Crippen LogP contribution in [-0.2, 0) is 11.2 Å². The quantitative estimate of drug-likeness (QED) is 0.539. The number of carbonyl (C=O) groups is 2. The number of nitrogens with zero attached hydrogens (tertiary/aromatic N) is 2. The third-order valence-electron chi connectivity index (χ3n) is 3.90. The lowest BCUT2D eigenvalue weighted by molar-refractivity contribution is -0.111. The molecule has 2 aromatic carbocycles. The number of hydrogen-bond donors (Lipinski definition) is 0. The van der Waals surface area contributed by atoms with Crippen LogP contribution in [0.15, 0.2) is 80.8 Å². The van der Waals surface area contributed by atoms with Crippen LogP contribution in [0.3, 0.4) is 0 Å². The van der Waals surface area contributed by atoms with Gasteiger partial charge < -0.3 is 0 Å². The molecular formula is C20H13ClN2O2S2. The summed E-state index contributed by atoms with van der Waals surface area (Å²) in [6.07, 6.45) is 0.347. The number of carbonyl (C=O) groups excluding carboxylic acids is 2. The van der Waals surface area contributed by atoms with Gasteiger partial charge >= 0.3 is 6.03 Å². The number of urea groups is 1. The Balaban J connectivity index is 1.46. The van der Waals surface area contributed by atoms with Crippen molar-refractivity contribution in [2.75, 3.05) is 4.90 Å². The van der Waals surface area contributed by atoms with Gasteiger partial charge in [0.05, 0.1) is 9.90 Å². The summed E-state index contributed by atoms with van der Waals surface area (Å²) in [5.74, 6) is -0.355. The molecule has 4 rings (SSSR count). The third kappa shape index (κ3) is 3.98. The van der Waals surface area contributed by atoms with Gasteiger partial charge in [-0.15, -0.1) is 11.3 Å². The van der Waals surface area contributed by atoms with Gasteiger partial charge in [-0.1, -0.05) is 41.6 Å². The number of anilines is 1. The number of para-hydroxylation sites is 1. The minimum absolute atomic E-state index is 0.272. The Morgan fingerprint density at radius 3 is 2.44 bits per heavy atom.